The first-order valence-electron chi connectivity index (χ1n) is 6.05. The number of nitrogens with zero attached hydrogens (tertiary/aromatic N) is 3. The Labute approximate surface area is 105 Å². The lowest BCUT2D eigenvalue weighted by Gasteiger charge is -2.15. The highest BCUT2D eigenvalue weighted by atomic mass is 35.5. The van der Waals surface area contributed by atoms with E-state index in [2.05, 4.69) is 15.1 Å². The first-order chi connectivity index (χ1) is 8.15. The first kappa shape index (κ1) is 11.3. The van der Waals surface area contributed by atoms with Crippen molar-refractivity contribution in [3.05, 3.63) is 5.89 Å². The van der Waals surface area contributed by atoms with Crippen molar-refractivity contribution < 1.29 is 9.52 Å². The molecule has 2 heterocycles. The van der Waals surface area contributed by atoms with Crippen molar-refractivity contribution in [2.24, 2.45) is 11.8 Å². The van der Waals surface area contributed by atoms with Crippen LogP contribution in [0, 0.1) is 11.8 Å². The molecule has 0 amide bonds. The van der Waals surface area contributed by atoms with Crippen molar-refractivity contribution in [2.45, 2.75) is 31.2 Å². The lowest BCUT2D eigenvalue weighted by atomic mass is 10.00. The van der Waals surface area contributed by atoms with Gasteiger partial charge in [0.25, 0.3) is 0 Å². The summed E-state index contributed by atoms with van der Waals surface area (Å²) in [4.78, 5) is 2.06. The molecule has 2 aliphatic rings. The highest BCUT2D eigenvalue weighted by molar-refractivity contribution is 6.20. The number of hydrogen-bond acceptors (Lipinski definition) is 5. The number of anilines is 1. The van der Waals surface area contributed by atoms with Crippen LogP contribution in [0.3, 0.4) is 0 Å². The van der Waals surface area contributed by atoms with Crippen LogP contribution in [0.2, 0.25) is 0 Å². The third-order valence-corrected chi connectivity index (χ3v) is 4.05. The molecule has 0 spiro atoms. The molecular formula is C11H16ClN3O2. The molecular weight excluding hydrogens is 242 g/mol. The number of aliphatic hydroxyl groups excluding tert-OH is 1. The predicted molar refractivity (Wildman–Crippen MR) is 63.0 cm³/mol. The maximum atomic E-state index is 9.84. The molecule has 0 radical (unpaired) electrons. The first-order valence-corrected chi connectivity index (χ1v) is 6.49. The van der Waals surface area contributed by atoms with E-state index in [1.165, 1.54) is 0 Å². The summed E-state index contributed by atoms with van der Waals surface area (Å²) in [7, 11) is 0. The van der Waals surface area contributed by atoms with Gasteiger partial charge in [0.2, 0.25) is 5.89 Å². The van der Waals surface area contributed by atoms with Gasteiger partial charge in [0.1, 0.15) is 5.38 Å². The number of alkyl halides is 1. The monoisotopic (exact) mass is 257 g/mol. The van der Waals surface area contributed by atoms with Crippen LogP contribution in [0.25, 0.3) is 0 Å². The van der Waals surface area contributed by atoms with E-state index in [1.54, 1.807) is 6.92 Å². The number of fused-ring (bicyclic) bond motifs is 1. The third kappa shape index (κ3) is 1.91. The molecule has 1 aliphatic heterocycles. The second-order valence-corrected chi connectivity index (χ2v) is 5.67. The maximum absolute atomic E-state index is 9.84. The minimum atomic E-state index is -0.260. The average Bonchev–Trinajstić information content (AvgIpc) is 2.95. The third-order valence-electron chi connectivity index (χ3n) is 3.86. The quantitative estimate of drug-likeness (QED) is 0.815. The van der Waals surface area contributed by atoms with E-state index in [0.29, 0.717) is 23.7 Å². The van der Waals surface area contributed by atoms with Crippen molar-refractivity contribution in [2.75, 3.05) is 18.0 Å². The summed E-state index contributed by atoms with van der Waals surface area (Å²) >= 11 is 5.89. The highest BCUT2D eigenvalue weighted by Gasteiger charge is 2.43. The number of aromatic nitrogens is 2. The highest BCUT2D eigenvalue weighted by Crippen LogP contribution is 2.39. The van der Waals surface area contributed by atoms with Gasteiger partial charge < -0.3 is 14.4 Å². The zero-order valence-corrected chi connectivity index (χ0v) is 10.5. The van der Waals surface area contributed by atoms with Gasteiger partial charge in [-0.25, -0.2) is 0 Å². The molecule has 1 saturated heterocycles. The minimum absolute atomic E-state index is 0.167. The van der Waals surface area contributed by atoms with Crippen molar-refractivity contribution in [1.29, 1.82) is 0 Å². The van der Waals surface area contributed by atoms with Crippen molar-refractivity contribution in [3.8, 4) is 0 Å². The zero-order valence-electron chi connectivity index (χ0n) is 9.71. The molecule has 1 N–H and O–H groups in total. The van der Waals surface area contributed by atoms with E-state index in [4.69, 9.17) is 16.0 Å². The summed E-state index contributed by atoms with van der Waals surface area (Å²) in [6.45, 7) is 3.52. The van der Waals surface area contributed by atoms with E-state index in [1.807, 2.05) is 0 Å². The molecule has 3 rings (SSSR count). The van der Waals surface area contributed by atoms with Gasteiger partial charge in [0.05, 0.1) is 6.10 Å². The van der Waals surface area contributed by atoms with Gasteiger partial charge in [-0.05, 0) is 25.7 Å². The Morgan fingerprint density at radius 3 is 2.88 bits per heavy atom. The summed E-state index contributed by atoms with van der Waals surface area (Å²) in [6.07, 6.45) is 1.85. The van der Waals surface area contributed by atoms with Gasteiger partial charge >= 0.3 is 6.01 Å². The smallest absolute Gasteiger partial charge is 0.318 e. The standard InChI is InChI=1S/C11H16ClN3O2/c1-6(12)10-13-14-11(17-10)15-4-7-2-3-9(16)8(7)5-15/h6-9,16H,2-5H2,1H3. The Morgan fingerprint density at radius 1 is 1.41 bits per heavy atom. The SMILES string of the molecule is CC(Cl)c1nnc(N2CC3CCC(O)C3C2)o1. The normalized spacial score (nSPS) is 34.1. The van der Waals surface area contributed by atoms with Gasteiger partial charge in [-0.1, -0.05) is 5.10 Å². The van der Waals surface area contributed by atoms with Crippen LogP contribution < -0.4 is 4.90 Å². The van der Waals surface area contributed by atoms with E-state index in [0.717, 1.165) is 25.9 Å². The largest absolute Gasteiger partial charge is 0.406 e. The van der Waals surface area contributed by atoms with Crippen molar-refractivity contribution in [3.63, 3.8) is 0 Å². The van der Waals surface area contributed by atoms with Crippen LogP contribution in [0.15, 0.2) is 4.42 Å². The summed E-state index contributed by atoms with van der Waals surface area (Å²) in [6, 6.07) is 0.536. The maximum Gasteiger partial charge on any atom is 0.318 e. The molecule has 5 nitrogen and oxygen atoms in total. The summed E-state index contributed by atoms with van der Waals surface area (Å²) in [5.41, 5.74) is 0. The topological polar surface area (TPSA) is 62.4 Å². The van der Waals surface area contributed by atoms with Gasteiger partial charge in [0, 0.05) is 19.0 Å². The number of rotatable bonds is 2. The number of halogens is 1. The van der Waals surface area contributed by atoms with E-state index < -0.39 is 0 Å². The van der Waals surface area contributed by atoms with Crippen LogP contribution in [0.5, 0.6) is 0 Å². The predicted octanol–water partition coefficient (Wildman–Crippen LogP) is 1.58. The van der Waals surface area contributed by atoms with E-state index in [9.17, 15) is 5.11 Å². The zero-order chi connectivity index (χ0) is 12.0. The molecule has 1 aromatic rings. The molecule has 2 fully saturated rings. The van der Waals surface area contributed by atoms with Crippen LogP contribution in [-0.4, -0.2) is 34.5 Å². The molecule has 94 valence electrons. The Bertz CT molecular complexity index is 409. The lowest BCUT2D eigenvalue weighted by Crippen LogP contribution is -2.24. The molecule has 6 heteroatoms. The van der Waals surface area contributed by atoms with Crippen LogP contribution in [0.4, 0.5) is 6.01 Å². The Morgan fingerprint density at radius 2 is 2.24 bits per heavy atom. The van der Waals surface area contributed by atoms with Crippen LogP contribution in [-0.2, 0) is 0 Å². The second-order valence-electron chi connectivity index (χ2n) is 5.01. The minimum Gasteiger partial charge on any atom is -0.406 e. The van der Waals surface area contributed by atoms with E-state index >= 15 is 0 Å². The average molecular weight is 258 g/mol. The fourth-order valence-electron chi connectivity index (χ4n) is 2.91. The Kier molecular flexibility index (Phi) is 2.75. The lowest BCUT2D eigenvalue weighted by molar-refractivity contribution is 0.133. The molecule has 1 aromatic heterocycles. The molecule has 17 heavy (non-hydrogen) atoms. The van der Waals surface area contributed by atoms with Gasteiger partial charge in [-0.15, -0.1) is 16.7 Å². The Hall–Kier alpha value is -0.810. The fourth-order valence-corrected chi connectivity index (χ4v) is 3.00. The number of aliphatic hydroxyl groups is 1. The van der Waals surface area contributed by atoms with Crippen LogP contribution in [0.1, 0.15) is 31.0 Å². The fraction of sp³-hybridized carbons (Fsp3) is 0.818. The molecule has 4 atom stereocenters. The number of hydrogen-bond donors (Lipinski definition) is 1. The molecule has 4 unspecified atom stereocenters. The van der Waals surface area contributed by atoms with E-state index in [-0.39, 0.29) is 11.5 Å². The van der Waals surface area contributed by atoms with Crippen molar-refractivity contribution >= 4 is 17.6 Å². The van der Waals surface area contributed by atoms with Crippen molar-refractivity contribution in [1.82, 2.24) is 10.2 Å². The second kappa shape index (κ2) is 4.14. The summed E-state index contributed by atoms with van der Waals surface area (Å²) < 4.78 is 5.52. The molecule has 1 saturated carbocycles. The molecule has 0 bridgehead atoms. The molecule has 1 aliphatic carbocycles. The van der Waals surface area contributed by atoms with Crippen LogP contribution >= 0.6 is 11.6 Å². The summed E-state index contributed by atoms with van der Waals surface area (Å²) in [5, 5.41) is 17.5. The van der Waals surface area contributed by atoms with Gasteiger partial charge in [-0.3, -0.25) is 0 Å². The van der Waals surface area contributed by atoms with Gasteiger partial charge in [0.15, 0.2) is 0 Å². The van der Waals surface area contributed by atoms with Gasteiger partial charge in [-0.2, -0.15) is 0 Å². The Balaban J connectivity index is 1.74. The molecule has 0 aromatic carbocycles. The summed E-state index contributed by atoms with van der Waals surface area (Å²) in [5.74, 6) is 1.38.